The van der Waals surface area contributed by atoms with Crippen molar-refractivity contribution in [2.24, 2.45) is 0 Å². The molecule has 0 spiro atoms. The Balaban J connectivity index is 2.03. The van der Waals surface area contributed by atoms with E-state index >= 15 is 0 Å². The van der Waals surface area contributed by atoms with Crippen molar-refractivity contribution >= 4 is 28.5 Å². The van der Waals surface area contributed by atoms with E-state index in [1.165, 1.54) is 17.1 Å². The summed E-state index contributed by atoms with van der Waals surface area (Å²) in [7, 11) is 2.04. The van der Waals surface area contributed by atoms with Crippen molar-refractivity contribution in [2.75, 3.05) is 33.2 Å². The predicted molar refractivity (Wildman–Crippen MR) is 75.3 cm³/mol. The average molecular weight is 362 g/mol. The van der Waals surface area contributed by atoms with Crippen LogP contribution in [0, 0.1) is 3.57 Å². The first-order chi connectivity index (χ1) is 8.58. The van der Waals surface area contributed by atoms with Crippen LogP contribution in [-0.2, 0) is 11.3 Å². The van der Waals surface area contributed by atoms with E-state index < -0.39 is 0 Å². The first-order valence-electron chi connectivity index (χ1n) is 5.74. The van der Waals surface area contributed by atoms with Crippen molar-refractivity contribution in [2.45, 2.75) is 6.54 Å². The third-order valence-electron chi connectivity index (χ3n) is 3.02. The maximum absolute atomic E-state index is 12.1. The maximum Gasteiger partial charge on any atom is 0.267 e. The summed E-state index contributed by atoms with van der Waals surface area (Å²) in [5.41, 5.74) is -0.159. The van der Waals surface area contributed by atoms with Gasteiger partial charge < -0.3 is 9.80 Å². The molecule has 2 heterocycles. The molecule has 18 heavy (non-hydrogen) atoms. The van der Waals surface area contributed by atoms with Crippen molar-refractivity contribution in [3.63, 3.8) is 0 Å². The Kier molecular flexibility index (Phi) is 4.33. The number of rotatable bonds is 2. The summed E-state index contributed by atoms with van der Waals surface area (Å²) in [4.78, 5) is 31.7. The van der Waals surface area contributed by atoms with Gasteiger partial charge in [-0.1, -0.05) is 0 Å². The molecule has 0 bridgehead atoms. The summed E-state index contributed by atoms with van der Waals surface area (Å²) in [6.45, 7) is 3.28. The summed E-state index contributed by atoms with van der Waals surface area (Å²) in [6, 6.07) is 0. The molecule has 1 aliphatic rings. The van der Waals surface area contributed by atoms with E-state index in [9.17, 15) is 9.59 Å². The Hall–Kier alpha value is -0.960. The maximum atomic E-state index is 12.1. The van der Waals surface area contributed by atoms with E-state index in [4.69, 9.17) is 0 Å². The Morgan fingerprint density at radius 2 is 2.06 bits per heavy atom. The molecule has 2 rings (SSSR count). The highest BCUT2D eigenvalue weighted by Gasteiger charge is 2.19. The van der Waals surface area contributed by atoms with Gasteiger partial charge in [-0.15, -0.1) is 0 Å². The van der Waals surface area contributed by atoms with Crippen LogP contribution in [0.4, 0.5) is 0 Å². The fraction of sp³-hybridized carbons (Fsp3) is 0.545. The number of nitrogens with zero attached hydrogens (tertiary/aromatic N) is 4. The van der Waals surface area contributed by atoms with E-state index in [1.807, 2.05) is 29.6 Å². The SMILES string of the molecule is CN1CCN(C(=O)Cn2cncc(I)c2=O)CC1. The molecular formula is C11H15IN4O2. The van der Waals surface area contributed by atoms with Gasteiger partial charge in [0.05, 0.1) is 9.90 Å². The molecule has 1 aromatic heterocycles. The molecule has 0 saturated carbocycles. The Labute approximate surface area is 119 Å². The highest BCUT2D eigenvalue weighted by atomic mass is 127. The minimum absolute atomic E-state index is 0.0194. The molecule has 98 valence electrons. The monoisotopic (exact) mass is 362 g/mol. The summed E-state index contributed by atoms with van der Waals surface area (Å²) < 4.78 is 1.89. The zero-order valence-corrected chi connectivity index (χ0v) is 12.3. The molecule has 6 nitrogen and oxygen atoms in total. The van der Waals surface area contributed by atoms with E-state index in [2.05, 4.69) is 9.88 Å². The van der Waals surface area contributed by atoms with Crippen LogP contribution in [0.2, 0.25) is 0 Å². The number of carbonyl (C=O) groups excluding carboxylic acids is 1. The minimum atomic E-state index is -0.159. The first-order valence-corrected chi connectivity index (χ1v) is 6.82. The molecule has 0 aliphatic carbocycles. The lowest BCUT2D eigenvalue weighted by Gasteiger charge is -2.32. The molecule has 1 saturated heterocycles. The van der Waals surface area contributed by atoms with Crippen LogP contribution in [0.3, 0.4) is 0 Å². The lowest BCUT2D eigenvalue weighted by Crippen LogP contribution is -2.48. The second kappa shape index (κ2) is 5.79. The zero-order valence-electron chi connectivity index (χ0n) is 10.2. The predicted octanol–water partition coefficient (Wildman–Crippen LogP) is -0.378. The topological polar surface area (TPSA) is 58.4 Å². The van der Waals surface area contributed by atoms with Crippen LogP contribution in [-0.4, -0.2) is 58.5 Å². The summed E-state index contributed by atoms with van der Waals surface area (Å²) in [5, 5.41) is 0. The molecule has 0 radical (unpaired) electrons. The molecule has 1 amide bonds. The van der Waals surface area contributed by atoms with Gasteiger partial charge in [-0.3, -0.25) is 14.2 Å². The Bertz CT molecular complexity index is 494. The lowest BCUT2D eigenvalue weighted by atomic mass is 10.3. The quantitative estimate of drug-likeness (QED) is 0.674. The molecule has 1 aliphatic heterocycles. The van der Waals surface area contributed by atoms with E-state index in [0.29, 0.717) is 3.57 Å². The highest BCUT2D eigenvalue weighted by molar-refractivity contribution is 14.1. The molecule has 0 unspecified atom stereocenters. The molecule has 0 N–H and O–H groups in total. The van der Waals surface area contributed by atoms with Gasteiger partial charge in [-0.05, 0) is 29.6 Å². The van der Waals surface area contributed by atoms with Crippen LogP contribution in [0.15, 0.2) is 17.3 Å². The summed E-state index contributed by atoms with van der Waals surface area (Å²) in [5.74, 6) is -0.0194. The largest absolute Gasteiger partial charge is 0.339 e. The summed E-state index contributed by atoms with van der Waals surface area (Å²) in [6.07, 6.45) is 2.91. The van der Waals surface area contributed by atoms with E-state index in [-0.39, 0.29) is 18.0 Å². The van der Waals surface area contributed by atoms with Crippen molar-refractivity contribution in [3.8, 4) is 0 Å². The number of carbonyl (C=O) groups is 1. The molecule has 1 fully saturated rings. The lowest BCUT2D eigenvalue weighted by molar-refractivity contribution is -0.133. The molecule has 1 aromatic rings. The number of amides is 1. The molecule has 7 heteroatoms. The zero-order chi connectivity index (χ0) is 13.1. The smallest absolute Gasteiger partial charge is 0.267 e. The molecule has 0 atom stereocenters. The summed E-state index contributed by atoms with van der Waals surface area (Å²) >= 11 is 1.93. The van der Waals surface area contributed by atoms with Gasteiger partial charge in [0, 0.05) is 32.4 Å². The van der Waals surface area contributed by atoms with Crippen molar-refractivity contribution in [3.05, 3.63) is 26.4 Å². The highest BCUT2D eigenvalue weighted by Crippen LogP contribution is 2.01. The second-order valence-electron chi connectivity index (χ2n) is 4.36. The average Bonchev–Trinajstić information content (AvgIpc) is 2.36. The Morgan fingerprint density at radius 1 is 1.39 bits per heavy atom. The van der Waals surface area contributed by atoms with Gasteiger partial charge in [0.25, 0.3) is 5.56 Å². The van der Waals surface area contributed by atoms with Gasteiger partial charge in [0.2, 0.25) is 5.91 Å². The van der Waals surface area contributed by atoms with Gasteiger partial charge in [0.1, 0.15) is 6.54 Å². The Morgan fingerprint density at radius 3 is 2.72 bits per heavy atom. The number of hydrogen-bond donors (Lipinski definition) is 0. The van der Waals surface area contributed by atoms with Gasteiger partial charge >= 0.3 is 0 Å². The third kappa shape index (κ3) is 3.08. The molecule has 0 aromatic carbocycles. The van der Waals surface area contributed by atoms with Crippen LogP contribution in [0.1, 0.15) is 0 Å². The van der Waals surface area contributed by atoms with Gasteiger partial charge in [-0.25, -0.2) is 4.98 Å². The normalized spacial score (nSPS) is 16.9. The standard InChI is InChI=1S/C11H15IN4O2/c1-14-2-4-15(5-3-14)10(17)7-16-8-13-6-9(12)11(16)18/h6,8H,2-5,7H2,1H3. The van der Waals surface area contributed by atoms with E-state index in [0.717, 1.165) is 26.2 Å². The number of likely N-dealkylation sites (N-methyl/N-ethyl adjacent to an activating group) is 1. The second-order valence-corrected chi connectivity index (χ2v) is 5.52. The third-order valence-corrected chi connectivity index (χ3v) is 3.76. The van der Waals surface area contributed by atoms with Gasteiger partial charge in [0.15, 0.2) is 0 Å². The van der Waals surface area contributed by atoms with Gasteiger partial charge in [-0.2, -0.15) is 0 Å². The van der Waals surface area contributed by atoms with Crippen LogP contribution >= 0.6 is 22.6 Å². The van der Waals surface area contributed by atoms with Crippen LogP contribution in [0.25, 0.3) is 0 Å². The van der Waals surface area contributed by atoms with Crippen molar-refractivity contribution < 1.29 is 4.79 Å². The number of piperazine rings is 1. The fourth-order valence-corrected chi connectivity index (χ4v) is 2.31. The number of halogens is 1. The minimum Gasteiger partial charge on any atom is -0.339 e. The van der Waals surface area contributed by atoms with Crippen LogP contribution in [0.5, 0.6) is 0 Å². The number of aromatic nitrogens is 2. The molecular weight excluding hydrogens is 347 g/mol. The van der Waals surface area contributed by atoms with E-state index in [1.54, 1.807) is 4.90 Å². The fourth-order valence-electron chi connectivity index (χ4n) is 1.84. The van der Waals surface area contributed by atoms with Crippen molar-refractivity contribution in [1.29, 1.82) is 0 Å². The number of hydrogen-bond acceptors (Lipinski definition) is 4. The van der Waals surface area contributed by atoms with Crippen molar-refractivity contribution in [1.82, 2.24) is 19.4 Å². The first kappa shape index (κ1) is 13.5. The van der Waals surface area contributed by atoms with Crippen LogP contribution < -0.4 is 5.56 Å².